The van der Waals surface area contributed by atoms with E-state index in [2.05, 4.69) is 0 Å². The molecule has 0 radical (unpaired) electrons. The first-order valence-corrected chi connectivity index (χ1v) is 6.45. The minimum Gasteiger partial charge on any atom is -0.676 e. The van der Waals surface area contributed by atoms with Crippen molar-refractivity contribution in [1.82, 2.24) is 0 Å². The van der Waals surface area contributed by atoms with Crippen LogP contribution in [0.15, 0.2) is 0 Å². The van der Waals surface area contributed by atoms with E-state index < -0.39 is 0 Å². The molecule has 4 N–H and O–H groups in total. The van der Waals surface area contributed by atoms with Crippen molar-refractivity contribution in [2.45, 2.75) is 75.5 Å². The summed E-state index contributed by atoms with van der Waals surface area (Å²) in [6, 6.07) is -0.319. The summed E-state index contributed by atoms with van der Waals surface area (Å²) in [6.07, 6.45) is 8.49. The van der Waals surface area contributed by atoms with Gasteiger partial charge < -0.3 is 22.9 Å². The van der Waals surface area contributed by atoms with Gasteiger partial charge in [0.15, 0.2) is 0 Å². The van der Waals surface area contributed by atoms with Crippen LogP contribution in [-0.4, -0.2) is 24.2 Å². The molecular weight excluding hydrogens is 259 g/mol. The fourth-order valence-corrected chi connectivity index (χ4v) is 2.26. The molecule has 0 amide bonds. The fourth-order valence-electron chi connectivity index (χ4n) is 2.26. The predicted octanol–water partition coefficient (Wildman–Crippen LogP) is 4.80. The third-order valence-corrected chi connectivity index (χ3v) is 3.53. The van der Waals surface area contributed by atoms with Crippen molar-refractivity contribution in [2.75, 3.05) is 0 Å². The maximum atomic E-state index is 7.29. The molecule has 4 atom stereocenters. The molecule has 0 heterocycles. The van der Waals surface area contributed by atoms with Gasteiger partial charge in [0.25, 0.3) is 0 Å². The van der Waals surface area contributed by atoms with Gasteiger partial charge in [-0.25, -0.2) is 0 Å². The smallest absolute Gasteiger partial charge is 0 e. The van der Waals surface area contributed by atoms with Crippen LogP contribution in [-0.2, 0) is 16.5 Å². The van der Waals surface area contributed by atoms with Crippen LogP contribution >= 0.6 is 0 Å². The summed E-state index contributed by atoms with van der Waals surface area (Å²) < 4.78 is 0. The zero-order chi connectivity index (χ0) is 12.0. The summed E-state index contributed by atoms with van der Waals surface area (Å²) in [4.78, 5) is 0. The van der Waals surface area contributed by atoms with Crippen LogP contribution in [0.1, 0.15) is 51.4 Å². The van der Waals surface area contributed by atoms with Crippen molar-refractivity contribution in [1.29, 1.82) is 0 Å². The molecule has 0 aromatic heterocycles. The molecular formula is C12H24N4Ni-4. The molecule has 2 aliphatic rings. The molecule has 106 valence electrons. The second-order valence-corrected chi connectivity index (χ2v) is 4.99. The molecule has 0 aromatic carbocycles. The van der Waals surface area contributed by atoms with E-state index in [1.165, 1.54) is 25.7 Å². The van der Waals surface area contributed by atoms with Crippen LogP contribution in [0.4, 0.5) is 0 Å². The normalized spacial score (nSPS) is 37.4. The molecule has 2 rings (SSSR count). The summed E-state index contributed by atoms with van der Waals surface area (Å²) >= 11 is 0. The molecule has 4 nitrogen and oxygen atoms in total. The standard InChI is InChI=1S/2C6H12N2.Ni/c2*7-5-3-1-2-4-6(5)8;/h2*5-8H,1-4H2;/q2*-2;. The quantitative estimate of drug-likeness (QED) is 0.570. The molecule has 5 heteroatoms. The number of rotatable bonds is 0. The van der Waals surface area contributed by atoms with Gasteiger partial charge in [-0.15, -0.1) is 0 Å². The van der Waals surface area contributed by atoms with Crippen molar-refractivity contribution < 1.29 is 16.5 Å². The van der Waals surface area contributed by atoms with Crippen LogP contribution < -0.4 is 0 Å². The molecule has 0 spiro atoms. The number of hydrogen-bond acceptors (Lipinski definition) is 0. The Balaban J connectivity index is 0.000000284. The van der Waals surface area contributed by atoms with Gasteiger partial charge in [-0.3, -0.25) is 0 Å². The molecule has 0 aliphatic heterocycles. The van der Waals surface area contributed by atoms with Gasteiger partial charge in [-0.1, -0.05) is 51.4 Å². The second kappa shape index (κ2) is 9.29. The molecule has 17 heavy (non-hydrogen) atoms. The van der Waals surface area contributed by atoms with E-state index in [1.807, 2.05) is 0 Å². The molecule has 4 unspecified atom stereocenters. The molecule has 2 saturated carbocycles. The Morgan fingerprint density at radius 2 is 0.647 bits per heavy atom. The summed E-state index contributed by atoms with van der Waals surface area (Å²) in [7, 11) is 0. The monoisotopic (exact) mass is 282 g/mol. The van der Waals surface area contributed by atoms with E-state index in [0.29, 0.717) is 0 Å². The van der Waals surface area contributed by atoms with Gasteiger partial charge in [-0.05, 0) is 0 Å². The zero-order valence-electron chi connectivity index (χ0n) is 10.3. The van der Waals surface area contributed by atoms with Crippen LogP contribution in [0.5, 0.6) is 0 Å². The maximum absolute atomic E-state index is 7.29. The maximum Gasteiger partial charge on any atom is 0 e. The Bertz CT molecular complexity index is 151. The largest absolute Gasteiger partial charge is 0.676 e. The third kappa shape index (κ3) is 6.73. The van der Waals surface area contributed by atoms with Gasteiger partial charge in [0.05, 0.1) is 0 Å². The van der Waals surface area contributed by atoms with Gasteiger partial charge in [-0.2, -0.15) is 24.2 Å². The predicted molar refractivity (Wildman–Crippen MR) is 69.4 cm³/mol. The van der Waals surface area contributed by atoms with Crippen LogP contribution in [0.3, 0.4) is 0 Å². The van der Waals surface area contributed by atoms with Gasteiger partial charge in [0.2, 0.25) is 0 Å². The molecule has 0 bridgehead atoms. The Hall–Kier alpha value is 0.334. The van der Waals surface area contributed by atoms with Crippen LogP contribution in [0.2, 0.25) is 0 Å². The van der Waals surface area contributed by atoms with Crippen molar-refractivity contribution >= 4 is 0 Å². The van der Waals surface area contributed by atoms with E-state index in [9.17, 15) is 0 Å². The summed E-state index contributed by atoms with van der Waals surface area (Å²) in [6.45, 7) is 0. The SMILES string of the molecule is [NH-]C1CCCCC1[NH-].[NH-]C1CCCCC1[NH-].[Ni]. The van der Waals surface area contributed by atoms with E-state index >= 15 is 0 Å². The Morgan fingerprint density at radius 3 is 0.765 bits per heavy atom. The summed E-state index contributed by atoms with van der Waals surface area (Å²) in [5.74, 6) is 0. The molecule has 2 aliphatic carbocycles. The van der Waals surface area contributed by atoms with E-state index in [0.717, 1.165) is 25.7 Å². The third-order valence-electron chi connectivity index (χ3n) is 3.53. The second-order valence-electron chi connectivity index (χ2n) is 4.99. The average molecular weight is 283 g/mol. The zero-order valence-corrected chi connectivity index (χ0v) is 11.3. The van der Waals surface area contributed by atoms with E-state index in [4.69, 9.17) is 22.9 Å². The van der Waals surface area contributed by atoms with Crippen LogP contribution in [0, 0.1) is 0 Å². The molecule has 2 fully saturated rings. The van der Waals surface area contributed by atoms with Gasteiger partial charge in [0, 0.05) is 16.5 Å². The topological polar surface area (TPSA) is 95.2 Å². The Kier molecular flexibility index (Phi) is 9.47. The summed E-state index contributed by atoms with van der Waals surface area (Å²) in [5.41, 5.74) is 29.2. The van der Waals surface area contributed by atoms with Crippen molar-refractivity contribution in [2.24, 2.45) is 0 Å². The first-order valence-electron chi connectivity index (χ1n) is 6.45. The van der Waals surface area contributed by atoms with Crippen molar-refractivity contribution in [3.8, 4) is 0 Å². The average Bonchev–Trinajstić information content (AvgIpc) is 2.28. The van der Waals surface area contributed by atoms with Crippen molar-refractivity contribution in [3.63, 3.8) is 0 Å². The van der Waals surface area contributed by atoms with E-state index in [1.54, 1.807) is 0 Å². The van der Waals surface area contributed by atoms with Crippen molar-refractivity contribution in [3.05, 3.63) is 22.9 Å². The van der Waals surface area contributed by atoms with Gasteiger partial charge in [0.1, 0.15) is 0 Å². The first-order chi connectivity index (χ1) is 7.61. The minimum atomic E-state index is -0.0799. The fraction of sp³-hybridized carbons (Fsp3) is 1.00. The number of hydrogen-bond donors (Lipinski definition) is 0. The molecule has 0 aromatic rings. The number of nitrogens with one attached hydrogen (secondary N) is 4. The minimum absolute atomic E-state index is 0. The Morgan fingerprint density at radius 1 is 0.471 bits per heavy atom. The van der Waals surface area contributed by atoms with Crippen LogP contribution in [0.25, 0.3) is 22.9 Å². The molecule has 0 saturated heterocycles. The Labute approximate surface area is 115 Å². The van der Waals surface area contributed by atoms with Gasteiger partial charge >= 0.3 is 0 Å². The van der Waals surface area contributed by atoms with E-state index in [-0.39, 0.29) is 40.7 Å². The first kappa shape index (κ1) is 17.3. The summed E-state index contributed by atoms with van der Waals surface area (Å²) in [5, 5.41) is 0.